The van der Waals surface area contributed by atoms with Crippen LogP contribution in [0.1, 0.15) is 39.1 Å². The first kappa shape index (κ1) is 21.1. The monoisotopic (exact) mass is 456 g/mol. The van der Waals surface area contributed by atoms with Gasteiger partial charge in [-0.25, -0.2) is 5.48 Å². The number of benzene rings is 2. The van der Waals surface area contributed by atoms with Crippen LogP contribution >= 0.6 is 23.2 Å². The first-order chi connectivity index (χ1) is 14.9. The van der Waals surface area contributed by atoms with Gasteiger partial charge in [0.05, 0.1) is 29.5 Å². The topological polar surface area (TPSA) is 106 Å². The second-order valence-electron chi connectivity index (χ2n) is 7.02. The molecule has 0 radical (unpaired) electrons. The van der Waals surface area contributed by atoms with Crippen LogP contribution in [0, 0.1) is 0 Å². The van der Waals surface area contributed by atoms with Gasteiger partial charge in [-0.15, -0.1) is 0 Å². The average molecular weight is 457 g/mol. The summed E-state index contributed by atoms with van der Waals surface area (Å²) in [6.45, 7) is 0.0547. The molecule has 2 heterocycles. The van der Waals surface area contributed by atoms with Crippen LogP contribution in [0.5, 0.6) is 0 Å². The highest BCUT2D eigenvalue weighted by Gasteiger charge is 2.40. The van der Waals surface area contributed by atoms with E-state index in [1.54, 1.807) is 54.6 Å². The number of aromatic nitrogens is 1. The molecule has 0 saturated carbocycles. The second-order valence-corrected chi connectivity index (χ2v) is 7.86. The molecule has 1 aromatic heterocycles. The number of nitrogens with zero attached hydrogens (tertiary/aromatic N) is 1. The van der Waals surface area contributed by atoms with Gasteiger partial charge in [-0.3, -0.25) is 19.4 Å². The number of carbonyl (C=O) groups is 2. The van der Waals surface area contributed by atoms with E-state index in [1.165, 1.54) is 6.20 Å². The Balaban J connectivity index is 1.61. The van der Waals surface area contributed by atoms with E-state index in [0.717, 1.165) is 0 Å². The summed E-state index contributed by atoms with van der Waals surface area (Å²) >= 11 is 12.4. The lowest BCUT2D eigenvalue weighted by Crippen LogP contribution is -2.44. The van der Waals surface area contributed by atoms with Crippen molar-refractivity contribution in [2.45, 2.75) is 18.6 Å². The highest BCUT2D eigenvalue weighted by Crippen LogP contribution is 2.40. The molecule has 1 aliphatic heterocycles. The SMILES string of the molecule is Nc1ccc(CONC(=O)[C@@H]2c3ccccc3C(=O)N[C@H]2c2ccc(Cl)cc2Cl)nc1. The molecular formula is C22H18Cl2N4O3. The third-order valence-corrected chi connectivity index (χ3v) is 5.54. The van der Waals surface area contributed by atoms with Crippen molar-refractivity contribution in [3.8, 4) is 0 Å². The summed E-state index contributed by atoms with van der Waals surface area (Å²) in [5.41, 5.74) is 10.8. The Bertz CT molecular complexity index is 1140. The number of nitrogens with one attached hydrogen (secondary N) is 2. The second kappa shape index (κ2) is 8.93. The van der Waals surface area contributed by atoms with Crippen molar-refractivity contribution in [2.75, 3.05) is 5.73 Å². The van der Waals surface area contributed by atoms with E-state index in [2.05, 4.69) is 15.8 Å². The number of anilines is 1. The quantitative estimate of drug-likeness (QED) is 0.506. The van der Waals surface area contributed by atoms with Crippen LogP contribution in [0.3, 0.4) is 0 Å². The van der Waals surface area contributed by atoms with E-state index in [1.807, 2.05) is 0 Å². The number of hydroxylamine groups is 1. The summed E-state index contributed by atoms with van der Waals surface area (Å²) in [7, 11) is 0. The molecule has 0 spiro atoms. The van der Waals surface area contributed by atoms with Crippen molar-refractivity contribution in [2.24, 2.45) is 0 Å². The lowest BCUT2D eigenvalue weighted by molar-refractivity contribution is -0.137. The molecule has 0 aliphatic carbocycles. The summed E-state index contributed by atoms with van der Waals surface area (Å²) in [5, 5.41) is 3.69. The fraction of sp³-hybridized carbons (Fsp3) is 0.136. The maximum absolute atomic E-state index is 13.2. The number of nitrogen functional groups attached to an aromatic ring is 1. The van der Waals surface area contributed by atoms with Crippen LogP contribution in [-0.4, -0.2) is 16.8 Å². The normalized spacial score (nSPS) is 17.5. The van der Waals surface area contributed by atoms with Crippen LogP contribution in [0.2, 0.25) is 10.0 Å². The predicted molar refractivity (Wildman–Crippen MR) is 117 cm³/mol. The van der Waals surface area contributed by atoms with Gasteiger partial charge >= 0.3 is 0 Å². The maximum atomic E-state index is 13.2. The molecule has 0 unspecified atom stereocenters. The molecule has 0 fully saturated rings. The molecular weight excluding hydrogens is 439 g/mol. The van der Waals surface area contributed by atoms with Crippen LogP contribution in [-0.2, 0) is 16.2 Å². The molecule has 1 aliphatic rings. The van der Waals surface area contributed by atoms with Gasteiger partial charge in [-0.2, -0.15) is 0 Å². The number of nitrogens with two attached hydrogens (primary N) is 1. The minimum atomic E-state index is -0.771. The molecule has 158 valence electrons. The number of halogens is 2. The molecule has 3 aromatic rings. The maximum Gasteiger partial charge on any atom is 0.253 e. The van der Waals surface area contributed by atoms with Gasteiger partial charge in [0.25, 0.3) is 11.8 Å². The number of rotatable bonds is 5. The zero-order valence-corrected chi connectivity index (χ0v) is 17.7. The van der Waals surface area contributed by atoms with Gasteiger partial charge in [0, 0.05) is 15.6 Å². The summed E-state index contributed by atoms with van der Waals surface area (Å²) in [6, 6.07) is 14.6. The predicted octanol–water partition coefficient (Wildman–Crippen LogP) is 3.79. The van der Waals surface area contributed by atoms with E-state index in [9.17, 15) is 9.59 Å². The van der Waals surface area contributed by atoms with E-state index in [-0.39, 0.29) is 12.5 Å². The Morgan fingerprint density at radius 3 is 2.68 bits per heavy atom. The van der Waals surface area contributed by atoms with Crippen molar-refractivity contribution in [3.05, 3.63) is 93.2 Å². The Hall–Kier alpha value is -3.13. The molecule has 0 saturated heterocycles. The van der Waals surface area contributed by atoms with Crippen molar-refractivity contribution < 1.29 is 14.4 Å². The minimum absolute atomic E-state index is 0.0547. The van der Waals surface area contributed by atoms with Gasteiger partial charge < -0.3 is 11.1 Å². The number of fused-ring (bicyclic) bond motifs is 1. The third-order valence-electron chi connectivity index (χ3n) is 4.98. The largest absolute Gasteiger partial charge is 0.397 e. The Morgan fingerprint density at radius 1 is 1.13 bits per heavy atom. The number of carbonyl (C=O) groups excluding carboxylic acids is 2. The van der Waals surface area contributed by atoms with Gasteiger partial charge in [0.15, 0.2) is 0 Å². The third kappa shape index (κ3) is 4.49. The first-order valence-electron chi connectivity index (χ1n) is 9.41. The number of hydrogen-bond acceptors (Lipinski definition) is 5. The van der Waals surface area contributed by atoms with Crippen molar-refractivity contribution in [1.82, 2.24) is 15.8 Å². The molecule has 2 amide bonds. The molecule has 9 heteroatoms. The van der Waals surface area contributed by atoms with Gasteiger partial charge in [-0.1, -0.05) is 47.5 Å². The van der Waals surface area contributed by atoms with Gasteiger partial charge in [0.2, 0.25) is 0 Å². The van der Waals surface area contributed by atoms with E-state index < -0.39 is 17.9 Å². The fourth-order valence-corrected chi connectivity index (χ4v) is 4.05. The standard InChI is InChI=1S/C22H18Cl2N4O3/c23-12-5-8-17(18(24)9-12)20-19(15-3-1-2-4-16(15)21(29)27-20)22(30)28-31-11-14-7-6-13(25)10-26-14/h1-10,19-20H,11,25H2,(H,27,29)(H,28,30)/t19-,20+/m1/s1. The molecule has 31 heavy (non-hydrogen) atoms. The number of pyridine rings is 1. The van der Waals surface area contributed by atoms with E-state index >= 15 is 0 Å². The average Bonchev–Trinajstić information content (AvgIpc) is 2.75. The molecule has 2 aromatic carbocycles. The van der Waals surface area contributed by atoms with Crippen LogP contribution in [0.15, 0.2) is 60.8 Å². The Kier molecular flexibility index (Phi) is 6.08. The van der Waals surface area contributed by atoms with Gasteiger partial charge in [0.1, 0.15) is 6.61 Å². The number of hydrogen-bond donors (Lipinski definition) is 3. The van der Waals surface area contributed by atoms with Gasteiger partial charge in [-0.05, 0) is 41.5 Å². The van der Waals surface area contributed by atoms with E-state index in [4.69, 9.17) is 33.8 Å². The van der Waals surface area contributed by atoms with Crippen molar-refractivity contribution in [3.63, 3.8) is 0 Å². The lowest BCUT2D eigenvalue weighted by atomic mass is 9.80. The summed E-state index contributed by atoms with van der Waals surface area (Å²) < 4.78 is 0. The molecule has 7 nitrogen and oxygen atoms in total. The summed E-state index contributed by atoms with van der Waals surface area (Å²) in [6.07, 6.45) is 1.51. The summed E-state index contributed by atoms with van der Waals surface area (Å²) in [4.78, 5) is 35.4. The Morgan fingerprint density at radius 2 is 1.94 bits per heavy atom. The molecule has 4 N–H and O–H groups in total. The van der Waals surface area contributed by atoms with Crippen LogP contribution < -0.4 is 16.5 Å². The minimum Gasteiger partial charge on any atom is -0.397 e. The molecule has 2 atom stereocenters. The van der Waals surface area contributed by atoms with E-state index in [0.29, 0.717) is 38.1 Å². The summed E-state index contributed by atoms with van der Waals surface area (Å²) in [5.74, 6) is -1.49. The highest BCUT2D eigenvalue weighted by atomic mass is 35.5. The van der Waals surface area contributed by atoms with Crippen molar-refractivity contribution in [1.29, 1.82) is 0 Å². The lowest BCUT2D eigenvalue weighted by Gasteiger charge is -2.33. The zero-order chi connectivity index (χ0) is 22.0. The molecule has 4 rings (SSSR count). The Labute approximate surface area is 188 Å². The van der Waals surface area contributed by atoms with Crippen LogP contribution in [0.25, 0.3) is 0 Å². The van der Waals surface area contributed by atoms with Crippen LogP contribution in [0.4, 0.5) is 5.69 Å². The highest BCUT2D eigenvalue weighted by molar-refractivity contribution is 6.35. The fourth-order valence-electron chi connectivity index (χ4n) is 3.53. The smallest absolute Gasteiger partial charge is 0.253 e. The van der Waals surface area contributed by atoms with Crippen molar-refractivity contribution >= 4 is 40.7 Å². The zero-order valence-electron chi connectivity index (χ0n) is 16.1. The molecule has 0 bridgehead atoms. The number of amides is 2. The first-order valence-corrected chi connectivity index (χ1v) is 10.2.